The van der Waals surface area contributed by atoms with E-state index < -0.39 is 5.97 Å². The van der Waals surface area contributed by atoms with Crippen LogP contribution in [0.4, 0.5) is 0 Å². The van der Waals surface area contributed by atoms with Crippen molar-refractivity contribution in [3.63, 3.8) is 0 Å². The highest BCUT2D eigenvalue weighted by atomic mass is 16.5. The highest BCUT2D eigenvalue weighted by Crippen LogP contribution is 2.46. The predicted octanol–water partition coefficient (Wildman–Crippen LogP) is 6.06. The Morgan fingerprint density at radius 3 is 1.67 bits per heavy atom. The van der Waals surface area contributed by atoms with Crippen LogP contribution in [0.5, 0.6) is 0 Å². The maximum atomic E-state index is 13.8. The smallest absolute Gasteiger partial charge is 0.309 e. The second-order valence-corrected chi connectivity index (χ2v) is 13.6. The van der Waals surface area contributed by atoms with Crippen LogP contribution >= 0.6 is 0 Å². The number of carbonyl (C=O) groups excluding carboxylic acids is 1. The number of nitrogens with zero attached hydrogens (tertiary/aromatic N) is 2. The van der Waals surface area contributed by atoms with Crippen LogP contribution in [0.1, 0.15) is 100 Å². The number of carboxylic acid groups (broad SMARTS) is 1. The third-order valence-corrected chi connectivity index (χ3v) is 8.58. The summed E-state index contributed by atoms with van der Waals surface area (Å²) < 4.78 is 6.30. The van der Waals surface area contributed by atoms with Gasteiger partial charge in [0.15, 0.2) is 0 Å². The second kappa shape index (κ2) is 11.4. The van der Waals surface area contributed by atoms with Gasteiger partial charge in [0, 0.05) is 54.5 Å². The molecule has 0 aliphatic carbocycles. The van der Waals surface area contributed by atoms with Crippen LogP contribution < -0.4 is 0 Å². The Morgan fingerprint density at radius 2 is 1.28 bits per heavy atom. The number of carboxylic acids is 1. The highest BCUT2D eigenvalue weighted by molar-refractivity contribution is 5.73. The van der Waals surface area contributed by atoms with Gasteiger partial charge in [0.2, 0.25) is 0 Å². The zero-order valence-electron chi connectivity index (χ0n) is 24.2. The molecule has 0 aromatic rings. The van der Waals surface area contributed by atoms with E-state index in [1.165, 1.54) is 0 Å². The Kier molecular flexibility index (Phi) is 9.67. The van der Waals surface area contributed by atoms with Gasteiger partial charge >= 0.3 is 11.9 Å². The largest absolute Gasteiger partial charge is 0.481 e. The molecule has 0 aromatic heterocycles. The fourth-order valence-electron chi connectivity index (χ4n) is 7.51. The van der Waals surface area contributed by atoms with Crippen molar-refractivity contribution in [3.05, 3.63) is 25.3 Å². The van der Waals surface area contributed by atoms with Crippen molar-refractivity contribution in [1.82, 2.24) is 9.80 Å². The molecule has 0 aromatic carbocycles. The van der Waals surface area contributed by atoms with E-state index in [9.17, 15) is 14.7 Å². The summed E-state index contributed by atoms with van der Waals surface area (Å²) in [6.07, 6.45) is 8.11. The Hall–Kier alpha value is -1.66. The molecule has 36 heavy (non-hydrogen) atoms. The van der Waals surface area contributed by atoms with E-state index in [0.29, 0.717) is 12.8 Å². The molecular formula is C30H52N2O4. The number of hydrogen-bond acceptors (Lipinski definition) is 5. The molecule has 2 rings (SSSR count). The number of ether oxygens (including phenoxy) is 1. The van der Waals surface area contributed by atoms with Gasteiger partial charge in [-0.2, -0.15) is 0 Å². The van der Waals surface area contributed by atoms with Gasteiger partial charge in [-0.15, -0.1) is 13.2 Å². The van der Waals surface area contributed by atoms with Gasteiger partial charge in [-0.3, -0.25) is 19.4 Å². The molecule has 2 saturated heterocycles. The van der Waals surface area contributed by atoms with E-state index in [0.717, 1.165) is 38.8 Å². The zero-order valence-corrected chi connectivity index (χ0v) is 24.2. The summed E-state index contributed by atoms with van der Waals surface area (Å²) in [6.45, 7) is 27.3. The van der Waals surface area contributed by atoms with E-state index in [4.69, 9.17) is 4.74 Å². The van der Waals surface area contributed by atoms with Crippen LogP contribution in [0.15, 0.2) is 25.3 Å². The van der Waals surface area contributed by atoms with Crippen molar-refractivity contribution >= 4 is 11.9 Å². The van der Waals surface area contributed by atoms with Gasteiger partial charge in [0.25, 0.3) is 0 Å². The lowest BCUT2D eigenvalue weighted by atomic mass is 9.68. The minimum absolute atomic E-state index is 0.0753. The lowest BCUT2D eigenvalue weighted by Crippen LogP contribution is -2.62. The summed E-state index contributed by atoms with van der Waals surface area (Å²) in [4.78, 5) is 30.0. The molecule has 1 unspecified atom stereocenters. The maximum Gasteiger partial charge on any atom is 0.309 e. The molecule has 2 fully saturated rings. The fraction of sp³-hybridized carbons (Fsp3) is 0.800. The van der Waals surface area contributed by atoms with Crippen LogP contribution in [0, 0.1) is 11.8 Å². The lowest BCUT2D eigenvalue weighted by molar-refractivity contribution is -0.170. The molecule has 0 amide bonds. The van der Waals surface area contributed by atoms with Crippen LogP contribution in [0.3, 0.4) is 0 Å². The standard InChI is InChI=1S/C30H52N2O4/c1-11-16-31-27(3,4)18-22(19-28(31,5)6)24(14-13-15-25(33)34)26(35)36-23-20-29(7,8)32(17-12-2)30(9,10)21-23/h11-12,22-24H,1-2,13-21H2,3-10H3,(H,33,34). The van der Waals surface area contributed by atoms with Crippen LogP contribution in [-0.4, -0.2) is 68.2 Å². The number of hydrogen-bond donors (Lipinski definition) is 1. The molecule has 2 aliphatic heterocycles. The molecule has 206 valence electrons. The van der Waals surface area contributed by atoms with Gasteiger partial charge in [-0.1, -0.05) is 12.2 Å². The van der Waals surface area contributed by atoms with Gasteiger partial charge in [-0.05, 0) is 87.0 Å². The Balaban J connectivity index is 2.27. The van der Waals surface area contributed by atoms with Crippen LogP contribution in [-0.2, 0) is 14.3 Å². The Morgan fingerprint density at radius 1 is 0.861 bits per heavy atom. The van der Waals surface area contributed by atoms with Gasteiger partial charge in [-0.25, -0.2) is 0 Å². The number of rotatable bonds is 11. The number of aliphatic carboxylic acids is 1. The first kappa shape index (κ1) is 30.6. The van der Waals surface area contributed by atoms with Crippen LogP contribution in [0.25, 0.3) is 0 Å². The molecule has 2 aliphatic rings. The monoisotopic (exact) mass is 504 g/mol. The first-order chi connectivity index (χ1) is 16.5. The molecule has 6 nitrogen and oxygen atoms in total. The fourth-order valence-corrected chi connectivity index (χ4v) is 7.51. The average molecular weight is 505 g/mol. The summed E-state index contributed by atoms with van der Waals surface area (Å²) in [5.41, 5.74) is -0.461. The summed E-state index contributed by atoms with van der Waals surface area (Å²) in [6, 6.07) is 0. The number of esters is 1. The third kappa shape index (κ3) is 7.22. The van der Waals surface area contributed by atoms with Crippen molar-refractivity contribution in [2.45, 2.75) is 129 Å². The molecule has 0 bridgehead atoms. The SMILES string of the molecule is C=CCN1C(C)(C)CC(OC(=O)C(CCCC(=O)O)C2CC(C)(C)N(CC=C)C(C)(C)C2)CC1(C)C. The lowest BCUT2D eigenvalue weighted by Gasteiger charge is -2.56. The van der Waals surface area contributed by atoms with E-state index in [-0.39, 0.29) is 52.5 Å². The van der Waals surface area contributed by atoms with Crippen molar-refractivity contribution < 1.29 is 19.4 Å². The molecule has 0 spiro atoms. The molecule has 2 heterocycles. The molecule has 0 radical (unpaired) electrons. The normalized spacial score (nSPS) is 25.1. The van der Waals surface area contributed by atoms with Crippen molar-refractivity contribution in [2.75, 3.05) is 13.1 Å². The minimum Gasteiger partial charge on any atom is -0.481 e. The van der Waals surface area contributed by atoms with Crippen LogP contribution in [0.2, 0.25) is 0 Å². The van der Waals surface area contributed by atoms with Crippen molar-refractivity contribution in [2.24, 2.45) is 11.8 Å². The molecule has 0 saturated carbocycles. The van der Waals surface area contributed by atoms with Gasteiger partial charge in [0.1, 0.15) is 6.10 Å². The number of likely N-dealkylation sites (tertiary alicyclic amines) is 2. The summed E-state index contributed by atoms with van der Waals surface area (Å²) in [5.74, 6) is -1.13. The van der Waals surface area contributed by atoms with E-state index in [2.05, 4.69) is 78.3 Å². The second-order valence-electron chi connectivity index (χ2n) is 13.6. The average Bonchev–Trinajstić information content (AvgIpc) is 2.69. The summed E-state index contributed by atoms with van der Waals surface area (Å²) >= 11 is 0. The topological polar surface area (TPSA) is 70.1 Å². The molecule has 1 N–H and O–H groups in total. The maximum absolute atomic E-state index is 13.8. The highest BCUT2D eigenvalue weighted by Gasteiger charge is 2.50. The van der Waals surface area contributed by atoms with Gasteiger partial charge in [0.05, 0.1) is 5.92 Å². The van der Waals surface area contributed by atoms with Gasteiger partial charge < -0.3 is 9.84 Å². The van der Waals surface area contributed by atoms with E-state index in [1.54, 1.807) is 0 Å². The molecular weight excluding hydrogens is 452 g/mol. The molecule has 6 heteroatoms. The van der Waals surface area contributed by atoms with Crippen molar-refractivity contribution in [3.8, 4) is 0 Å². The quantitative estimate of drug-likeness (QED) is 0.272. The Bertz CT molecular complexity index is 778. The third-order valence-electron chi connectivity index (χ3n) is 8.58. The number of carbonyl (C=O) groups is 2. The molecule has 1 atom stereocenters. The van der Waals surface area contributed by atoms with Crippen molar-refractivity contribution in [1.29, 1.82) is 0 Å². The summed E-state index contributed by atoms with van der Waals surface area (Å²) in [5, 5.41) is 9.24. The zero-order chi connectivity index (χ0) is 27.5. The number of piperidine rings is 2. The first-order valence-corrected chi connectivity index (χ1v) is 13.7. The van der Waals surface area contributed by atoms with E-state index in [1.807, 2.05) is 12.2 Å². The summed E-state index contributed by atoms with van der Waals surface area (Å²) in [7, 11) is 0. The minimum atomic E-state index is -0.818. The van der Waals surface area contributed by atoms with E-state index >= 15 is 0 Å². The Labute approximate surface area is 220 Å². The first-order valence-electron chi connectivity index (χ1n) is 13.7. The predicted molar refractivity (Wildman–Crippen MR) is 147 cm³/mol.